The summed E-state index contributed by atoms with van der Waals surface area (Å²) in [5, 5.41) is 44.8. The van der Waals surface area contributed by atoms with Crippen molar-refractivity contribution in [3.8, 4) is 11.8 Å². The third-order valence-electron chi connectivity index (χ3n) is 9.26. The normalized spacial score (nSPS) is 18.8. The predicted molar refractivity (Wildman–Crippen MR) is 242 cm³/mol. The van der Waals surface area contributed by atoms with Crippen LogP contribution in [0, 0.1) is 11.8 Å². The number of carboxylic acids is 3. The maximum Gasteiger partial charge on any atom is 0.490 e. The van der Waals surface area contributed by atoms with E-state index in [0.29, 0.717) is 29.5 Å². The summed E-state index contributed by atoms with van der Waals surface area (Å²) in [5.41, 5.74) is 12.7. The van der Waals surface area contributed by atoms with Gasteiger partial charge in [0.05, 0.1) is 42.5 Å². The summed E-state index contributed by atoms with van der Waals surface area (Å²) in [6, 6.07) is -4.35. The van der Waals surface area contributed by atoms with Crippen molar-refractivity contribution in [2.24, 2.45) is 5.73 Å². The number of phosphoric acid groups is 3. The summed E-state index contributed by atoms with van der Waals surface area (Å²) in [5.74, 6) is -0.505. The van der Waals surface area contributed by atoms with Crippen LogP contribution >= 0.6 is 45.1 Å². The molecule has 8 atom stereocenters. The number of unbranched alkanes of at least 4 members (excludes halogenated alkanes) is 2. The Hall–Kier alpha value is -4.54. The number of aliphatic hydroxyl groups is 1. The molecule has 3 amide bonds. The molecular weight excluding hydrogens is 1040 g/mol. The largest absolute Gasteiger partial charge is 0.490 e. The van der Waals surface area contributed by atoms with Crippen LogP contribution in [0.5, 0.6) is 0 Å². The lowest BCUT2D eigenvalue weighted by molar-refractivity contribution is -0.148. The van der Waals surface area contributed by atoms with Crippen LogP contribution in [-0.4, -0.2) is 151 Å². The molecule has 70 heavy (non-hydrogen) atoms. The fraction of sp³-hybridized carbons (Fsp3) is 0.571. The number of ether oxygens (including phenoxy) is 1. The SMILES string of the molecule is Nc1ncnc2c1c(C#CCCC(=O)CCSSCC(N)C(=O)NCCCCCC(=O)NC(CC(=O)O)C(=O)NC(CC(=O)O)C(=O)O)cn2[C@H]1CC(O)[C@@H](COP(=O)(O)OP(=O)(O)OP(=O)(O)O)O1. The van der Waals surface area contributed by atoms with Crippen LogP contribution in [0.15, 0.2) is 12.5 Å². The summed E-state index contributed by atoms with van der Waals surface area (Å²) >= 11 is 0. The lowest BCUT2D eigenvalue weighted by atomic mass is 10.1. The number of carboxylic acid groups (broad SMARTS) is 3. The Morgan fingerprint density at radius 1 is 0.886 bits per heavy atom. The molecule has 0 saturated carbocycles. The van der Waals surface area contributed by atoms with Crippen LogP contribution in [0.25, 0.3) is 11.0 Å². The number of nitrogens with zero attached hydrogens (tertiary/aromatic N) is 3. The first kappa shape index (κ1) is 59.8. The molecule has 1 fully saturated rings. The number of hydrogen-bond acceptors (Lipinski definition) is 21. The van der Waals surface area contributed by atoms with E-state index in [-0.39, 0.29) is 68.1 Å². The third kappa shape index (κ3) is 21.4. The fourth-order valence-electron chi connectivity index (χ4n) is 6.05. The maximum absolute atomic E-state index is 12.6. The number of aliphatic carboxylic acids is 3. The molecule has 0 radical (unpaired) electrons. The topological polar surface area (TPSA) is 488 Å². The highest BCUT2D eigenvalue weighted by molar-refractivity contribution is 8.76. The zero-order valence-electron chi connectivity index (χ0n) is 36.5. The number of anilines is 1. The van der Waals surface area contributed by atoms with E-state index in [4.69, 9.17) is 41.3 Å². The zero-order chi connectivity index (χ0) is 52.4. The van der Waals surface area contributed by atoms with Crippen LogP contribution in [0.4, 0.5) is 5.82 Å². The minimum atomic E-state index is -5.77. The molecule has 1 saturated heterocycles. The number of amides is 3. The first-order chi connectivity index (χ1) is 32.7. The van der Waals surface area contributed by atoms with Crippen molar-refractivity contribution in [1.29, 1.82) is 0 Å². The molecule has 30 nitrogen and oxygen atoms in total. The number of hydrogen-bond donors (Lipinski definition) is 13. The molecule has 390 valence electrons. The number of fused-ring (bicyclic) bond motifs is 1. The van der Waals surface area contributed by atoms with E-state index in [1.54, 1.807) is 0 Å². The summed E-state index contributed by atoms with van der Waals surface area (Å²) in [7, 11) is -14.2. The maximum atomic E-state index is 12.6. The molecular formula is C35H51N8O22P3S2. The molecule has 0 aromatic carbocycles. The minimum absolute atomic E-state index is 0.0483. The highest BCUT2D eigenvalue weighted by Crippen LogP contribution is 2.66. The molecule has 0 spiro atoms. The highest BCUT2D eigenvalue weighted by Gasteiger charge is 2.43. The number of carbonyl (C=O) groups excluding carboxylic acids is 4. The Balaban J connectivity index is 1.35. The second-order valence-electron chi connectivity index (χ2n) is 14.8. The van der Waals surface area contributed by atoms with E-state index in [2.05, 4.69) is 45.6 Å². The monoisotopic (exact) mass is 1090 g/mol. The van der Waals surface area contributed by atoms with Gasteiger partial charge in [-0.2, -0.15) is 8.62 Å². The van der Waals surface area contributed by atoms with E-state index in [1.807, 2.05) is 5.32 Å². The number of nitrogens with one attached hydrogen (secondary N) is 3. The average Bonchev–Trinajstić information content (AvgIpc) is 3.80. The van der Waals surface area contributed by atoms with Crippen molar-refractivity contribution in [3.05, 3.63) is 18.1 Å². The molecule has 3 heterocycles. The molecule has 0 bridgehead atoms. The number of ketones is 1. The predicted octanol–water partition coefficient (Wildman–Crippen LogP) is -0.515. The standard InChI is InChI=1S/C35H51N8O22P3S2/c36-21(33(51)38-10-5-1-2-8-26(46)41-22(12-28(47)48)34(52)42-23(35(53)54)13-29(49)50)17-70-69-11-9-20(44)7-4-3-6-19-15-43(32-30(19)31(37)39-18-40-32)27-14-24(45)25(63-27)16-62-67(58,59)65-68(60,61)64-66(55,56)57/h15,18,21-25,27,45H,1-2,4-5,7-14,16-17,36H2,(H,38,51)(H,41,46)(H,42,52)(H,47,48)(H,49,50)(H,53,54)(H,58,59)(H,60,61)(H2,37,39,40)(H2,55,56,57)/t21?,22?,23?,24?,25-,27-/m1/s1. The Bertz CT molecular complexity index is 2430. The highest BCUT2D eigenvalue weighted by atomic mass is 33.1. The van der Waals surface area contributed by atoms with E-state index >= 15 is 0 Å². The number of carbonyl (C=O) groups is 7. The smallest absolute Gasteiger partial charge is 0.481 e. The number of nitrogens with two attached hydrogens (primary N) is 2. The fourth-order valence-corrected chi connectivity index (χ4v) is 11.2. The van der Waals surface area contributed by atoms with Crippen molar-refractivity contribution in [3.63, 3.8) is 0 Å². The first-order valence-electron chi connectivity index (χ1n) is 20.4. The number of phosphoric ester groups is 1. The second-order valence-corrected chi connectivity index (χ2v) is 21.9. The molecule has 0 aliphatic carbocycles. The van der Waals surface area contributed by atoms with Gasteiger partial charge >= 0.3 is 41.4 Å². The second kappa shape index (κ2) is 27.9. The number of aliphatic hydroxyl groups excluding tert-OH is 1. The molecule has 3 rings (SSSR count). The average molecular weight is 1090 g/mol. The molecule has 1 aliphatic heterocycles. The van der Waals surface area contributed by atoms with Crippen molar-refractivity contribution in [1.82, 2.24) is 30.5 Å². The van der Waals surface area contributed by atoms with Gasteiger partial charge in [-0.3, -0.25) is 33.3 Å². The van der Waals surface area contributed by atoms with Gasteiger partial charge in [-0.25, -0.2) is 28.5 Å². The van der Waals surface area contributed by atoms with E-state index in [1.165, 1.54) is 38.7 Å². The van der Waals surface area contributed by atoms with Crippen LogP contribution in [0.2, 0.25) is 0 Å². The van der Waals surface area contributed by atoms with E-state index < -0.39 is 115 Å². The molecule has 6 unspecified atom stereocenters. The zero-order valence-corrected chi connectivity index (χ0v) is 40.8. The van der Waals surface area contributed by atoms with Gasteiger partial charge in [-0.15, -0.1) is 0 Å². The van der Waals surface area contributed by atoms with Crippen LogP contribution in [0.1, 0.15) is 76.0 Å². The van der Waals surface area contributed by atoms with Crippen LogP contribution < -0.4 is 27.4 Å². The number of nitrogen functional groups attached to an aromatic ring is 1. The summed E-state index contributed by atoms with van der Waals surface area (Å²) in [6.07, 6.45) is -1.41. The Kier molecular flexibility index (Phi) is 23.8. The quantitative estimate of drug-likeness (QED) is 0.0196. The third-order valence-corrected chi connectivity index (χ3v) is 15.5. The summed E-state index contributed by atoms with van der Waals surface area (Å²) in [4.78, 5) is 128. The number of Topliss-reactive ketones (excluding diaryl/α,β-unsaturated/α-hetero) is 1. The van der Waals surface area contributed by atoms with Gasteiger partial charge in [0.1, 0.15) is 48.0 Å². The van der Waals surface area contributed by atoms with Gasteiger partial charge in [-0.1, -0.05) is 39.8 Å². The summed E-state index contributed by atoms with van der Waals surface area (Å²) in [6.45, 7) is -0.662. The van der Waals surface area contributed by atoms with Crippen molar-refractivity contribution in [2.75, 3.05) is 30.4 Å². The van der Waals surface area contributed by atoms with Crippen LogP contribution in [-0.2, 0) is 65.1 Å². The van der Waals surface area contributed by atoms with E-state index in [9.17, 15) is 62.2 Å². The number of rotatable bonds is 31. The lowest BCUT2D eigenvalue weighted by Crippen LogP contribution is -2.52. The Labute approximate surface area is 404 Å². The number of aromatic nitrogens is 3. The Morgan fingerprint density at radius 3 is 2.23 bits per heavy atom. The molecule has 15 N–H and O–H groups in total. The molecule has 2 aromatic rings. The van der Waals surface area contributed by atoms with Crippen LogP contribution in [0.3, 0.4) is 0 Å². The lowest BCUT2D eigenvalue weighted by Gasteiger charge is -2.19. The Morgan fingerprint density at radius 2 is 1.57 bits per heavy atom. The van der Waals surface area contributed by atoms with Crippen molar-refractivity contribution < 1.29 is 105 Å². The first-order valence-corrected chi connectivity index (χ1v) is 27.4. The summed E-state index contributed by atoms with van der Waals surface area (Å²) < 4.78 is 53.8. The van der Waals surface area contributed by atoms with Gasteiger partial charge in [-0.05, 0) is 12.8 Å². The van der Waals surface area contributed by atoms with Gasteiger partial charge < -0.3 is 76.7 Å². The van der Waals surface area contributed by atoms with Gasteiger partial charge in [0, 0.05) is 56.4 Å². The van der Waals surface area contributed by atoms with Gasteiger partial charge in [0.2, 0.25) is 17.7 Å². The van der Waals surface area contributed by atoms with Crippen molar-refractivity contribution >= 4 is 103 Å². The van der Waals surface area contributed by atoms with E-state index in [0.717, 1.165) is 0 Å². The molecule has 1 aliphatic rings. The van der Waals surface area contributed by atoms with Gasteiger partial charge in [0.25, 0.3) is 0 Å². The molecule has 2 aromatic heterocycles. The molecule has 35 heteroatoms. The van der Waals surface area contributed by atoms with Crippen molar-refractivity contribution in [2.45, 2.75) is 101 Å². The van der Waals surface area contributed by atoms with Gasteiger partial charge in [0.15, 0.2) is 0 Å². The minimum Gasteiger partial charge on any atom is -0.481 e.